The van der Waals surface area contributed by atoms with Crippen LogP contribution in [0.5, 0.6) is 0 Å². The predicted molar refractivity (Wildman–Crippen MR) is 69.1 cm³/mol. The smallest absolute Gasteiger partial charge is 0.0927 e. The largest absolute Gasteiger partial charge is 0.254 e. The van der Waals surface area contributed by atoms with Crippen molar-refractivity contribution in [1.82, 2.24) is 9.97 Å². The lowest BCUT2D eigenvalue weighted by atomic mass is 9.94. The van der Waals surface area contributed by atoms with E-state index in [1.807, 2.05) is 12.4 Å². The maximum absolute atomic E-state index is 4.57. The van der Waals surface area contributed by atoms with Crippen LogP contribution in [0.1, 0.15) is 41.5 Å². The van der Waals surface area contributed by atoms with Crippen LogP contribution in [-0.2, 0) is 0 Å². The van der Waals surface area contributed by atoms with Crippen molar-refractivity contribution < 1.29 is 0 Å². The van der Waals surface area contributed by atoms with Gasteiger partial charge in [-0.25, -0.2) is 0 Å². The molecule has 0 atom stereocenters. The van der Waals surface area contributed by atoms with Gasteiger partial charge in [-0.3, -0.25) is 9.97 Å². The molecule has 0 radical (unpaired) electrons. The fourth-order valence-corrected chi connectivity index (χ4v) is 2.72. The Morgan fingerprint density at radius 2 is 1.41 bits per heavy atom. The van der Waals surface area contributed by atoms with Crippen molar-refractivity contribution in [2.24, 2.45) is 0 Å². The van der Waals surface area contributed by atoms with Gasteiger partial charge in [0, 0.05) is 18.3 Å². The van der Waals surface area contributed by atoms with Gasteiger partial charge in [0.25, 0.3) is 0 Å². The maximum Gasteiger partial charge on any atom is 0.0927 e. The van der Waals surface area contributed by atoms with Gasteiger partial charge in [-0.05, 0) is 42.5 Å². The Labute approximate surface area is 102 Å². The average Bonchev–Trinajstić information content (AvgIpc) is 2.60. The SMILES string of the molecule is CCC1c2cc(C)cnc2-c2ncc(C)cc21. The highest BCUT2D eigenvalue weighted by Crippen LogP contribution is 2.44. The van der Waals surface area contributed by atoms with Crippen molar-refractivity contribution >= 4 is 0 Å². The van der Waals surface area contributed by atoms with Crippen LogP contribution < -0.4 is 0 Å². The molecule has 0 spiro atoms. The Bertz CT molecular complexity index is 536. The van der Waals surface area contributed by atoms with E-state index in [-0.39, 0.29) is 0 Å². The normalized spacial score (nSPS) is 13.6. The van der Waals surface area contributed by atoms with Crippen LogP contribution in [0.2, 0.25) is 0 Å². The Balaban J connectivity index is 2.28. The van der Waals surface area contributed by atoms with Crippen molar-refractivity contribution in [3.05, 3.63) is 46.8 Å². The lowest BCUT2D eigenvalue weighted by Crippen LogP contribution is -1.95. The molecule has 1 aliphatic rings. The fourth-order valence-electron chi connectivity index (χ4n) is 2.72. The van der Waals surface area contributed by atoms with Crippen molar-refractivity contribution in [3.8, 4) is 11.4 Å². The lowest BCUT2D eigenvalue weighted by Gasteiger charge is -2.10. The van der Waals surface area contributed by atoms with Crippen molar-refractivity contribution in [2.45, 2.75) is 33.1 Å². The van der Waals surface area contributed by atoms with E-state index in [4.69, 9.17) is 0 Å². The zero-order valence-corrected chi connectivity index (χ0v) is 10.5. The summed E-state index contributed by atoms with van der Waals surface area (Å²) in [6.07, 6.45) is 4.97. The van der Waals surface area contributed by atoms with E-state index in [9.17, 15) is 0 Å². The molecular weight excluding hydrogens is 208 g/mol. The summed E-state index contributed by atoms with van der Waals surface area (Å²) in [5.74, 6) is 0.472. The van der Waals surface area contributed by atoms with Gasteiger partial charge in [0.2, 0.25) is 0 Å². The number of hydrogen-bond donors (Lipinski definition) is 0. The molecule has 0 fully saturated rings. The molecule has 0 aliphatic heterocycles. The van der Waals surface area contributed by atoms with Crippen molar-refractivity contribution in [3.63, 3.8) is 0 Å². The van der Waals surface area contributed by atoms with E-state index in [0.717, 1.165) is 17.8 Å². The Morgan fingerprint density at radius 3 is 1.82 bits per heavy atom. The van der Waals surface area contributed by atoms with Gasteiger partial charge in [0.05, 0.1) is 11.4 Å². The van der Waals surface area contributed by atoms with Gasteiger partial charge in [0.1, 0.15) is 0 Å². The standard InChI is InChI=1S/C15H16N2/c1-4-11-12-5-9(2)7-16-14(12)15-13(11)6-10(3)8-17-15/h5-8,11H,4H2,1-3H3. The molecule has 1 aliphatic carbocycles. The monoisotopic (exact) mass is 224 g/mol. The summed E-state index contributed by atoms with van der Waals surface area (Å²) in [5, 5.41) is 0. The molecule has 0 bridgehead atoms. The third-order valence-corrected chi connectivity index (χ3v) is 3.49. The fraction of sp³-hybridized carbons (Fsp3) is 0.333. The molecule has 0 aromatic carbocycles. The van der Waals surface area contributed by atoms with E-state index in [1.54, 1.807) is 0 Å². The molecule has 0 saturated carbocycles. The Kier molecular flexibility index (Phi) is 2.25. The number of fused-ring (bicyclic) bond motifs is 3. The molecule has 0 saturated heterocycles. The maximum atomic E-state index is 4.57. The summed E-state index contributed by atoms with van der Waals surface area (Å²) in [7, 11) is 0. The quantitative estimate of drug-likeness (QED) is 0.739. The number of rotatable bonds is 1. The summed E-state index contributed by atoms with van der Waals surface area (Å²) in [6, 6.07) is 4.51. The van der Waals surface area contributed by atoms with Crippen LogP contribution in [0.3, 0.4) is 0 Å². The molecule has 0 N–H and O–H groups in total. The summed E-state index contributed by atoms with van der Waals surface area (Å²) in [5.41, 5.74) is 7.31. The van der Waals surface area contributed by atoms with E-state index in [2.05, 4.69) is 42.9 Å². The van der Waals surface area contributed by atoms with Crippen LogP contribution in [0.4, 0.5) is 0 Å². The topological polar surface area (TPSA) is 25.8 Å². The highest BCUT2D eigenvalue weighted by Gasteiger charge is 2.29. The van der Waals surface area contributed by atoms with E-state index in [1.165, 1.54) is 22.3 Å². The predicted octanol–water partition coefficient (Wildman–Crippen LogP) is 3.62. The first kappa shape index (κ1) is 10.5. The second kappa shape index (κ2) is 3.66. The first-order chi connectivity index (χ1) is 8.20. The van der Waals surface area contributed by atoms with Crippen molar-refractivity contribution in [2.75, 3.05) is 0 Å². The highest BCUT2D eigenvalue weighted by molar-refractivity contribution is 5.72. The minimum Gasteiger partial charge on any atom is -0.254 e. The zero-order valence-electron chi connectivity index (χ0n) is 10.5. The molecule has 2 heterocycles. The van der Waals surface area contributed by atoms with Gasteiger partial charge < -0.3 is 0 Å². The van der Waals surface area contributed by atoms with Crippen molar-refractivity contribution in [1.29, 1.82) is 0 Å². The third-order valence-electron chi connectivity index (χ3n) is 3.49. The van der Waals surface area contributed by atoms with Crippen LogP contribution >= 0.6 is 0 Å². The van der Waals surface area contributed by atoms with Gasteiger partial charge in [-0.1, -0.05) is 19.1 Å². The molecule has 0 amide bonds. The van der Waals surface area contributed by atoms with Gasteiger partial charge >= 0.3 is 0 Å². The summed E-state index contributed by atoms with van der Waals surface area (Å²) in [6.45, 7) is 6.43. The van der Waals surface area contributed by atoms with Gasteiger partial charge in [-0.15, -0.1) is 0 Å². The van der Waals surface area contributed by atoms with Gasteiger partial charge in [-0.2, -0.15) is 0 Å². The Hall–Kier alpha value is -1.70. The van der Waals surface area contributed by atoms with Crippen LogP contribution in [0.25, 0.3) is 11.4 Å². The number of hydrogen-bond acceptors (Lipinski definition) is 2. The van der Waals surface area contributed by atoms with E-state index in [0.29, 0.717) is 5.92 Å². The zero-order chi connectivity index (χ0) is 12.0. The van der Waals surface area contributed by atoms with Gasteiger partial charge in [0.15, 0.2) is 0 Å². The molecule has 3 rings (SSSR count). The average molecular weight is 224 g/mol. The molecular formula is C15H16N2. The highest BCUT2D eigenvalue weighted by atomic mass is 14.8. The molecule has 2 heteroatoms. The lowest BCUT2D eigenvalue weighted by molar-refractivity contribution is 0.792. The number of aryl methyl sites for hydroxylation is 2. The first-order valence-electron chi connectivity index (χ1n) is 6.14. The minimum atomic E-state index is 0.472. The molecule has 17 heavy (non-hydrogen) atoms. The third kappa shape index (κ3) is 1.47. The number of aromatic nitrogens is 2. The number of pyridine rings is 2. The molecule has 86 valence electrons. The van der Waals surface area contributed by atoms with E-state index < -0.39 is 0 Å². The molecule has 0 unspecified atom stereocenters. The number of nitrogens with zero attached hydrogens (tertiary/aromatic N) is 2. The first-order valence-corrected chi connectivity index (χ1v) is 6.14. The molecule has 2 aromatic rings. The molecule has 2 nitrogen and oxygen atoms in total. The summed E-state index contributed by atoms with van der Waals surface area (Å²) < 4.78 is 0. The second-order valence-electron chi connectivity index (χ2n) is 4.86. The van der Waals surface area contributed by atoms with Crippen LogP contribution in [-0.4, -0.2) is 9.97 Å². The molecule has 2 aromatic heterocycles. The second-order valence-corrected chi connectivity index (χ2v) is 4.86. The van der Waals surface area contributed by atoms with E-state index >= 15 is 0 Å². The van der Waals surface area contributed by atoms with Crippen LogP contribution in [0.15, 0.2) is 24.5 Å². The summed E-state index contributed by atoms with van der Waals surface area (Å²) >= 11 is 0. The summed E-state index contributed by atoms with van der Waals surface area (Å²) in [4.78, 5) is 9.13. The van der Waals surface area contributed by atoms with Crippen LogP contribution in [0, 0.1) is 13.8 Å². The minimum absolute atomic E-state index is 0.472. The Morgan fingerprint density at radius 1 is 0.941 bits per heavy atom.